The van der Waals surface area contributed by atoms with Crippen LogP contribution in [0.25, 0.3) is 0 Å². The molecule has 6 heteroatoms. The smallest absolute Gasteiger partial charge is 0.297 e. The van der Waals surface area contributed by atoms with Crippen LogP contribution >= 0.6 is 0 Å². The van der Waals surface area contributed by atoms with E-state index in [1.54, 1.807) is 34.6 Å². The van der Waals surface area contributed by atoms with Crippen molar-refractivity contribution in [1.82, 2.24) is 0 Å². The molecule has 0 saturated heterocycles. The quantitative estimate of drug-likeness (QED) is 0.534. The maximum atomic E-state index is 11.1. The monoisotopic (exact) mass is 216 g/mol. The Hall–Kier alpha value is -1.46. The molecule has 86 valence electrons. The first-order chi connectivity index (χ1) is 6.75. The second kappa shape index (κ2) is 5.43. The highest BCUT2D eigenvalue weighted by Crippen LogP contribution is 2.15. The minimum atomic E-state index is -0.666. The van der Waals surface area contributed by atoms with Gasteiger partial charge in [0.25, 0.3) is 0 Å². The Kier molecular flexibility index (Phi) is 4.90. The Morgan fingerprint density at radius 1 is 1.07 bits per heavy atom. The Bertz CT molecular complexity index is 266. The van der Waals surface area contributed by atoms with Gasteiger partial charge in [-0.3, -0.25) is 9.68 Å². The second-order valence-electron chi connectivity index (χ2n) is 4.36. The zero-order valence-corrected chi connectivity index (χ0v) is 9.60. The molecule has 0 N–H and O–H groups in total. The summed E-state index contributed by atoms with van der Waals surface area (Å²) < 4.78 is 0. The van der Waals surface area contributed by atoms with Gasteiger partial charge in [0.1, 0.15) is 0 Å². The lowest BCUT2D eigenvalue weighted by atomic mass is 9.98. The van der Waals surface area contributed by atoms with E-state index in [-0.39, 0.29) is 5.92 Å². The summed E-state index contributed by atoms with van der Waals surface area (Å²) in [5, 5.41) is 5.97. The van der Waals surface area contributed by atoms with Crippen LogP contribution in [0.5, 0.6) is 0 Å². The van der Waals surface area contributed by atoms with Gasteiger partial charge in [-0.25, -0.2) is 9.59 Å². The van der Waals surface area contributed by atoms with E-state index in [2.05, 4.69) is 20.2 Å². The Morgan fingerprint density at radius 3 is 1.93 bits per heavy atom. The summed E-state index contributed by atoms with van der Waals surface area (Å²) in [5.74, 6) is -1.39. The van der Waals surface area contributed by atoms with Gasteiger partial charge < -0.3 is 0 Å². The van der Waals surface area contributed by atoms with Crippen molar-refractivity contribution in [1.29, 1.82) is 0 Å². The molecule has 0 bridgehead atoms. The van der Waals surface area contributed by atoms with Crippen LogP contribution in [-0.2, 0) is 19.3 Å². The van der Waals surface area contributed by atoms with Crippen molar-refractivity contribution in [2.75, 3.05) is 0 Å². The summed E-state index contributed by atoms with van der Waals surface area (Å²) in [4.78, 5) is 30.7. The van der Waals surface area contributed by atoms with Crippen LogP contribution in [0.2, 0.25) is 0 Å². The van der Waals surface area contributed by atoms with Gasteiger partial charge >= 0.3 is 11.9 Å². The zero-order valence-electron chi connectivity index (χ0n) is 9.60. The highest BCUT2D eigenvalue weighted by Gasteiger charge is 2.23. The zero-order chi connectivity index (χ0) is 12.1. The average molecular weight is 216 g/mol. The lowest BCUT2D eigenvalue weighted by Gasteiger charge is -2.11. The van der Waals surface area contributed by atoms with Gasteiger partial charge in [0.05, 0.1) is 21.9 Å². The minimum Gasteiger partial charge on any atom is -0.297 e. The van der Waals surface area contributed by atoms with Gasteiger partial charge in [-0.15, -0.1) is 0 Å². The van der Waals surface area contributed by atoms with Crippen molar-refractivity contribution in [2.24, 2.45) is 21.9 Å². The predicted octanol–water partition coefficient (Wildman–Crippen LogP) is 2.06. The van der Waals surface area contributed by atoms with E-state index in [4.69, 9.17) is 0 Å². The topological polar surface area (TPSA) is 77.3 Å². The molecule has 0 aromatic rings. The first-order valence-electron chi connectivity index (χ1n) is 4.58. The highest BCUT2D eigenvalue weighted by atomic mass is 16.8. The van der Waals surface area contributed by atoms with Gasteiger partial charge in [-0.2, -0.15) is 0 Å². The number of carbonyl (C=O) groups excluding carboxylic acids is 2. The van der Waals surface area contributed by atoms with E-state index in [1.807, 2.05) is 0 Å². The lowest BCUT2D eigenvalue weighted by molar-refractivity contribution is -0.160. The SMILES string of the molecule is CC(C)C(=O)ON=NOC(=O)C(C)(C)C. The molecule has 0 aliphatic rings. The van der Waals surface area contributed by atoms with Gasteiger partial charge in [0, 0.05) is 0 Å². The standard InChI is InChI=1S/C9H16N2O4/c1-6(2)7(12)14-10-11-15-8(13)9(3,4)5/h6H,1-5H3. The molecule has 0 aromatic heterocycles. The van der Waals surface area contributed by atoms with Crippen LogP contribution in [0.1, 0.15) is 34.6 Å². The van der Waals surface area contributed by atoms with Crippen molar-refractivity contribution in [3.05, 3.63) is 0 Å². The number of nitrogens with zero attached hydrogens (tertiary/aromatic N) is 2. The Morgan fingerprint density at radius 2 is 1.53 bits per heavy atom. The van der Waals surface area contributed by atoms with Crippen molar-refractivity contribution >= 4 is 11.9 Å². The van der Waals surface area contributed by atoms with Gasteiger partial charge in [-0.1, -0.05) is 13.8 Å². The summed E-state index contributed by atoms with van der Waals surface area (Å²) in [6.07, 6.45) is 0. The van der Waals surface area contributed by atoms with E-state index in [0.717, 1.165) is 0 Å². The molecule has 0 amide bonds. The third-order valence-electron chi connectivity index (χ3n) is 1.37. The third-order valence-corrected chi connectivity index (χ3v) is 1.37. The maximum Gasteiger partial charge on any atom is 0.342 e. The van der Waals surface area contributed by atoms with Gasteiger partial charge in [0.2, 0.25) is 0 Å². The van der Waals surface area contributed by atoms with Crippen LogP contribution in [-0.4, -0.2) is 11.9 Å². The van der Waals surface area contributed by atoms with E-state index in [9.17, 15) is 9.59 Å². The van der Waals surface area contributed by atoms with Crippen molar-refractivity contribution in [3.63, 3.8) is 0 Å². The fourth-order valence-corrected chi connectivity index (χ4v) is 0.353. The number of carbonyl (C=O) groups is 2. The predicted molar refractivity (Wildman–Crippen MR) is 51.3 cm³/mol. The molecule has 0 aliphatic carbocycles. The number of rotatable bonds is 3. The molecular formula is C9H16N2O4. The molecule has 0 atom stereocenters. The fraction of sp³-hybridized carbons (Fsp3) is 0.778. The van der Waals surface area contributed by atoms with Crippen LogP contribution in [0.4, 0.5) is 0 Å². The van der Waals surface area contributed by atoms with E-state index >= 15 is 0 Å². The molecule has 0 aliphatic heterocycles. The highest BCUT2D eigenvalue weighted by molar-refractivity contribution is 5.75. The normalized spacial score (nSPS) is 11.9. The summed E-state index contributed by atoms with van der Waals surface area (Å²) in [5.41, 5.74) is -0.666. The van der Waals surface area contributed by atoms with Gasteiger partial charge in [-0.05, 0) is 20.8 Å². The van der Waals surface area contributed by atoms with Crippen LogP contribution in [0, 0.1) is 11.3 Å². The van der Waals surface area contributed by atoms with Crippen molar-refractivity contribution in [3.8, 4) is 0 Å². The molecule has 0 unspecified atom stereocenters. The molecule has 0 fully saturated rings. The number of hydrogen-bond donors (Lipinski definition) is 0. The summed E-state index contributed by atoms with van der Waals surface area (Å²) in [6.45, 7) is 8.32. The van der Waals surface area contributed by atoms with Gasteiger partial charge in [0.15, 0.2) is 0 Å². The Labute approximate surface area is 88.6 Å². The second-order valence-corrected chi connectivity index (χ2v) is 4.36. The molecule has 0 radical (unpaired) electrons. The van der Waals surface area contributed by atoms with E-state index in [0.29, 0.717) is 0 Å². The third kappa shape index (κ3) is 5.77. The van der Waals surface area contributed by atoms with E-state index in [1.165, 1.54) is 0 Å². The summed E-state index contributed by atoms with van der Waals surface area (Å²) in [6, 6.07) is 0. The maximum absolute atomic E-state index is 11.1. The van der Waals surface area contributed by atoms with Crippen LogP contribution in [0.3, 0.4) is 0 Å². The first-order valence-corrected chi connectivity index (χ1v) is 4.58. The van der Waals surface area contributed by atoms with Crippen LogP contribution in [0.15, 0.2) is 10.6 Å². The first kappa shape index (κ1) is 13.5. The molecule has 0 saturated carbocycles. The molecule has 0 aromatic carbocycles. The molecule has 0 heterocycles. The molecule has 6 nitrogen and oxygen atoms in total. The molecule has 0 rings (SSSR count). The average Bonchev–Trinajstić information content (AvgIpc) is 2.09. The Balaban J connectivity index is 3.92. The lowest BCUT2D eigenvalue weighted by Crippen LogP contribution is -2.20. The number of hydrogen-bond acceptors (Lipinski definition) is 6. The molecule has 15 heavy (non-hydrogen) atoms. The summed E-state index contributed by atoms with van der Waals surface area (Å²) >= 11 is 0. The fourth-order valence-electron chi connectivity index (χ4n) is 0.353. The van der Waals surface area contributed by atoms with Crippen LogP contribution < -0.4 is 0 Å². The van der Waals surface area contributed by atoms with E-state index < -0.39 is 17.4 Å². The molecular weight excluding hydrogens is 200 g/mol. The summed E-state index contributed by atoms with van der Waals surface area (Å²) in [7, 11) is 0. The largest absolute Gasteiger partial charge is 0.342 e. The molecule has 0 spiro atoms. The minimum absolute atomic E-state index is 0.303. The van der Waals surface area contributed by atoms with Crippen molar-refractivity contribution in [2.45, 2.75) is 34.6 Å². The van der Waals surface area contributed by atoms with Crippen molar-refractivity contribution < 1.29 is 19.3 Å².